The Kier molecular flexibility index (Phi) is 5.72. The number of hydrogen-bond acceptors (Lipinski definition) is 4. The molecular formula is C25H28N2O4. The van der Waals surface area contributed by atoms with Crippen LogP contribution in [0.5, 0.6) is 11.5 Å². The lowest BCUT2D eigenvalue weighted by atomic mass is 10.1. The van der Waals surface area contributed by atoms with E-state index in [2.05, 4.69) is 13.0 Å². The van der Waals surface area contributed by atoms with E-state index >= 15 is 0 Å². The van der Waals surface area contributed by atoms with E-state index in [-0.39, 0.29) is 24.3 Å². The molecule has 1 aliphatic heterocycles. The van der Waals surface area contributed by atoms with Gasteiger partial charge in [0.15, 0.2) is 17.3 Å². The van der Waals surface area contributed by atoms with Crippen molar-refractivity contribution in [2.24, 2.45) is 0 Å². The monoisotopic (exact) mass is 420 g/mol. The molecule has 0 radical (unpaired) electrons. The summed E-state index contributed by atoms with van der Waals surface area (Å²) < 4.78 is 13.2. The molecule has 1 atom stereocenters. The van der Waals surface area contributed by atoms with E-state index in [1.54, 1.807) is 11.8 Å². The number of Topliss-reactive ketones (excluding diaryl/α,β-unsaturated/α-hetero) is 1. The van der Waals surface area contributed by atoms with Crippen molar-refractivity contribution >= 4 is 22.6 Å². The van der Waals surface area contributed by atoms with Crippen LogP contribution in [-0.2, 0) is 17.8 Å². The number of para-hydroxylation sites is 1. The molecule has 2 aromatic carbocycles. The van der Waals surface area contributed by atoms with Gasteiger partial charge in [-0.25, -0.2) is 0 Å². The third-order valence-corrected chi connectivity index (χ3v) is 6.07. The first-order chi connectivity index (χ1) is 14.9. The Morgan fingerprint density at radius 2 is 1.87 bits per heavy atom. The zero-order chi connectivity index (χ0) is 22.1. The lowest BCUT2D eigenvalue weighted by Crippen LogP contribution is -2.32. The predicted molar refractivity (Wildman–Crippen MR) is 120 cm³/mol. The zero-order valence-electron chi connectivity index (χ0n) is 18.5. The third-order valence-electron chi connectivity index (χ3n) is 6.07. The summed E-state index contributed by atoms with van der Waals surface area (Å²) in [5.41, 5.74) is 3.72. The van der Waals surface area contributed by atoms with E-state index < -0.39 is 0 Å². The fourth-order valence-corrected chi connectivity index (χ4v) is 4.14. The summed E-state index contributed by atoms with van der Waals surface area (Å²) in [7, 11) is 1.81. The van der Waals surface area contributed by atoms with Gasteiger partial charge >= 0.3 is 0 Å². The SMILES string of the molecule is CCc1cccc2c(C(C)=O)cn(CC(=O)N(C)C(C)c3ccc4c(c3)OCCO4)c12. The number of aromatic nitrogens is 1. The van der Waals surface area contributed by atoms with Gasteiger partial charge in [-0.3, -0.25) is 9.59 Å². The van der Waals surface area contributed by atoms with Crippen molar-refractivity contribution in [3.8, 4) is 11.5 Å². The van der Waals surface area contributed by atoms with Crippen molar-refractivity contribution in [3.63, 3.8) is 0 Å². The van der Waals surface area contributed by atoms with Crippen LogP contribution in [-0.4, -0.2) is 41.4 Å². The summed E-state index contributed by atoms with van der Waals surface area (Å²) in [5, 5.41) is 0.905. The normalized spacial score (nSPS) is 13.8. The molecule has 3 aromatic rings. The highest BCUT2D eigenvalue weighted by atomic mass is 16.6. The number of carbonyl (C=O) groups is 2. The molecule has 0 saturated carbocycles. The summed E-state index contributed by atoms with van der Waals surface area (Å²) in [5.74, 6) is 1.42. The molecule has 0 aliphatic carbocycles. The number of fused-ring (bicyclic) bond motifs is 2. The fourth-order valence-electron chi connectivity index (χ4n) is 4.14. The zero-order valence-corrected chi connectivity index (χ0v) is 18.5. The number of ketones is 1. The standard InChI is InChI=1S/C25H28N2O4/c1-5-18-7-6-8-20-21(17(3)28)14-27(25(18)20)15-24(29)26(4)16(2)19-9-10-22-23(13-19)31-12-11-30-22/h6-10,13-14,16H,5,11-12,15H2,1-4H3. The van der Waals surface area contributed by atoms with Crippen molar-refractivity contribution in [1.29, 1.82) is 0 Å². The summed E-state index contributed by atoms with van der Waals surface area (Å²) in [4.78, 5) is 27.1. The number of amides is 1. The quantitative estimate of drug-likeness (QED) is 0.555. The van der Waals surface area contributed by atoms with Crippen molar-refractivity contribution in [1.82, 2.24) is 9.47 Å². The van der Waals surface area contributed by atoms with Crippen LogP contribution in [0, 0.1) is 0 Å². The van der Waals surface area contributed by atoms with Crippen molar-refractivity contribution in [2.45, 2.75) is 39.8 Å². The molecule has 6 heteroatoms. The third kappa shape index (κ3) is 3.90. The Hall–Kier alpha value is -3.28. The molecule has 162 valence electrons. The second kappa shape index (κ2) is 8.46. The van der Waals surface area contributed by atoms with Gasteiger partial charge in [0.25, 0.3) is 0 Å². The lowest BCUT2D eigenvalue weighted by Gasteiger charge is -2.27. The van der Waals surface area contributed by atoms with Gasteiger partial charge in [-0.15, -0.1) is 0 Å². The van der Waals surface area contributed by atoms with Gasteiger partial charge in [-0.05, 0) is 43.5 Å². The average Bonchev–Trinajstić information content (AvgIpc) is 3.16. The minimum absolute atomic E-state index is 0.00227. The first kappa shape index (κ1) is 21.0. The largest absolute Gasteiger partial charge is 0.486 e. The van der Waals surface area contributed by atoms with E-state index in [1.165, 1.54) is 0 Å². The summed E-state index contributed by atoms with van der Waals surface area (Å²) in [6.07, 6.45) is 2.64. The van der Waals surface area contributed by atoms with Crippen LogP contribution in [0.2, 0.25) is 0 Å². The fraction of sp³-hybridized carbons (Fsp3) is 0.360. The van der Waals surface area contributed by atoms with Crippen LogP contribution in [0.3, 0.4) is 0 Å². The maximum Gasteiger partial charge on any atom is 0.242 e. The molecule has 2 heterocycles. The molecule has 1 unspecified atom stereocenters. The molecule has 0 bridgehead atoms. The molecular weight excluding hydrogens is 392 g/mol. The van der Waals surface area contributed by atoms with Gasteiger partial charge in [0.1, 0.15) is 19.8 Å². The number of benzene rings is 2. The Labute approximate surface area is 182 Å². The van der Waals surface area contributed by atoms with Gasteiger partial charge in [0.05, 0.1) is 11.6 Å². The highest BCUT2D eigenvalue weighted by Crippen LogP contribution is 2.34. The first-order valence-corrected chi connectivity index (χ1v) is 10.7. The van der Waals surface area contributed by atoms with Gasteiger partial charge in [0, 0.05) is 24.2 Å². The number of nitrogens with zero attached hydrogens (tertiary/aromatic N) is 2. The Bertz CT molecular complexity index is 1150. The van der Waals surface area contributed by atoms with Crippen LogP contribution in [0.25, 0.3) is 10.9 Å². The van der Waals surface area contributed by atoms with Crippen LogP contribution in [0.1, 0.15) is 48.3 Å². The second-order valence-corrected chi connectivity index (χ2v) is 7.98. The van der Waals surface area contributed by atoms with Crippen LogP contribution in [0.4, 0.5) is 0 Å². The van der Waals surface area contributed by atoms with Crippen LogP contribution >= 0.6 is 0 Å². The number of ether oxygens (including phenoxy) is 2. The summed E-state index contributed by atoms with van der Waals surface area (Å²) in [6.45, 7) is 6.89. The van der Waals surface area contributed by atoms with Gasteiger partial charge < -0.3 is 18.9 Å². The van der Waals surface area contributed by atoms with E-state index in [0.29, 0.717) is 24.5 Å². The minimum atomic E-state index is -0.136. The van der Waals surface area contributed by atoms with Crippen molar-refractivity contribution in [3.05, 3.63) is 59.3 Å². The number of carbonyl (C=O) groups excluding carboxylic acids is 2. The van der Waals surface area contributed by atoms with Gasteiger partial charge in [0.2, 0.25) is 5.91 Å². The number of aryl methyl sites for hydroxylation is 1. The Morgan fingerprint density at radius 3 is 2.58 bits per heavy atom. The molecule has 4 rings (SSSR count). The number of hydrogen-bond donors (Lipinski definition) is 0. The van der Waals surface area contributed by atoms with Crippen LogP contribution < -0.4 is 9.47 Å². The number of rotatable bonds is 6. The molecule has 1 amide bonds. The maximum atomic E-state index is 13.2. The van der Waals surface area contributed by atoms with Gasteiger partial charge in [-0.1, -0.05) is 31.2 Å². The topological polar surface area (TPSA) is 60.8 Å². The number of likely N-dealkylation sites (N-methyl/N-ethyl adjacent to an activating group) is 1. The highest BCUT2D eigenvalue weighted by Gasteiger charge is 2.22. The van der Waals surface area contributed by atoms with E-state index in [0.717, 1.165) is 34.2 Å². The summed E-state index contributed by atoms with van der Waals surface area (Å²) >= 11 is 0. The molecule has 0 fully saturated rings. The van der Waals surface area contributed by atoms with Gasteiger partial charge in [-0.2, -0.15) is 0 Å². The molecule has 0 saturated heterocycles. The molecule has 0 N–H and O–H groups in total. The molecule has 0 spiro atoms. The maximum absolute atomic E-state index is 13.2. The van der Waals surface area contributed by atoms with Crippen molar-refractivity contribution in [2.75, 3.05) is 20.3 Å². The summed E-state index contributed by atoms with van der Waals surface area (Å²) in [6, 6.07) is 11.6. The lowest BCUT2D eigenvalue weighted by molar-refractivity contribution is -0.132. The van der Waals surface area contributed by atoms with Crippen LogP contribution in [0.15, 0.2) is 42.6 Å². The highest BCUT2D eigenvalue weighted by molar-refractivity contribution is 6.07. The molecule has 31 heavy (non-hydrogen) atoms. The molecule has 1 aromatic heterocycles. The smallest absolute Gasteiger partial charge is 0.242 e. The minimum Gasteiger partial charge on any atom is -0.486 e. The molecule has 6 nitrogen and oxygen atoms in total. The van der Waals surface area contributed by atoms with E-state index in [4.69, 9.17) is 9.47 Å². The second-order valence-electron chi connectivity index (χ2n) is 7.98. The molecule has 1 aliphatic rings. The van der Waals surface area contributed by atoms with E-state index in [9.17, 15) is 9.59 Å². The van der Waals surface area contributed by atoms with E-state index in [1.807, 2.05) is 55.1 Å². The average molecular weight is 421 g/mol. The Balaban J connectivity index is 1.60. The first-order valence-electron chi connectivity index (χ1n) is 10.7. The predicted octanol–water partition coefficient (Wildman–Crippen LogP) is 4.40. The Morgan fingerprint density at radius 1 is 1.13 bits per heavy atom. The van der Waals surface area contributed by atoms with Crippen molar-refractivity contribution < 1.29 is 19.1 Å².